The molecule has 8 heteroatoms. The molecule has 1 aromatic carbocycles. The highest BCUT2D eigenvalue weighted by molar-refractivity contribution is 9.10. The summed E-state index contributed by atoms with van der Waals surface area (Å²) in [6.07, 6.45) is 0. The normalized spacial score (nSPS) is 21.3. The Balaban J connectivity index is 2.16. The zero-order valence-electron chi connectivity index (χ0n) is 11.1. The molecule has 0 unspecified atom stereocenters. The minimum absolute atomic E-state index is 0.413. The van der Waals surface area contributed by atoms with E-state index in [1.807, 2.05) is 5.38 Å². The Bertz CT molecular complexity index is 753. The summed E-state index contributed by atoms with van der Waals surface area (Å²) in [4.78, 5) is 22.4. The predicted octanol–water partition coefficient (Wildman–Crippen LogP) is 3.96. The van der Waals surface area contributed by atoms with Crippen LogP contribution in [0.4, 0.5) is 5.69 Å². The molecule has 0 saturated carbocycles. The summed E-state index contributed by atoms with van der Waals surface area (Å²) in [6, 6.07) is 8.82. The van der Waals surface area contributed by atoms with E-state index in [1.165, 1.54) is 11.3 Å². The monoisotopic (exact) mass is 400 g/mol. The van der Waals surface area contributed by atoms with E-state index in [9.17, 15) is 14.9 Å². The predicted molar refractivity (Wildman–Crippen MR) is 89.2 cm³/mol. The maximum absolute atomic E-state index is 12.5. The van der Waals surface area contributed by atoms with Crippen LogP contribution in [0.25, 0.3) is 0 Å². The summed E-state index contributed by atoms with van der Waals surface area (Å²) in [5.41, 5.74) is 1.15. The Morgan fingerprint density at radius 1 is 1.45 bits per heavy atom. The molecule has 1 N–H and O–H groups in total. The minimum atomic E-state index is -1.49. The van der Waals surface area contributed by atoms with Crippen LogP contribution in [0.1, 0.15) is 16.4 Å². The number of hydrogen-bond donors (Lipinski definition) is 1. The van der Waals surface area contributed by atoms with Gasteiger partial charge in [0.15, 0.2) is 4.87 Å². The summed E-state index contributed by atoms with van der Waals surface area (Å²) in [5, 5.41) is 15.6. The molecule has 0 saturated heterocycles. The first kappa shape index (κ1) is 15.5. The molecule has 0 bridgehead atoms. The van der Waals surface area contributed by atoms with Gasteiger partial charge in [0, 0.05) is 25.5 Å². The molecule has 1 aliphatic heterocycles. The zero-order chi connectivity index (χ0) is 15.9. The first-order valence-electron chi connectivity index (χ1n) is 6.38. The summed E-state index contributed by atoms with van der Waals surface area (Å²) < 4.78 is 0.763. The fourth-order valence-electron chi connectivity index (χ4n) is 2.66. The third kappa shape index (κ3) is 2.43. The molecule has 2 aromatic rings. The van der Waals surface area contributed by atoms with Gasteiger partial charge in [0.1, 0.15) is 0 Å². The lowest BCUT2D eigenvalue weighted by atomic mass is 9.85. The van der Waals surface area contributed by atoms with E-state index in [0.29, 0.717) is 11.3 Å². The van der Waals surface area contributed by atoms with Gasteiger partial charge in [-0.15, -0.1) is 22.9 Å². The van der Waals surface area contributed by atoms with Crippen molar-refractivity contribution >= 4 is 50.5 Å². The number of nitro groups is 1. The van der Waals surface area contributed by atoms with Gasteiger partial charge in [0.2, 0.25) is 6.54 Å². The van der Waals surface area contributed by atoms with Crippen LogP contribution >= 0.6 is 38.9 Å². The van der Waals surface area contributed by atoms with E-state index < -0.39 is 28.2 Å². The van der Waals surface area contributed by atoms with Gasteiger partial charge in [-0.25, -0.2) is 0 Å². The fourth-order valence-corrected chi connectivity index (χ4v) is 4.36. The van der Waals surface area contributed by atoms with E-state index in [2.05, 4.69) is 21.2 Å². The van der Waals surface area contributed by atoms with Crippen LogP contribution in [0.5, 0.6) is 0 Å². The van der Waals surface area contributed by atoms with Crippen LogP contribution in [0.2, 0.25) is 0 Å². The lowest BCUT2D eigenvalue weighted by Crippen LogP contribution is -2.38. The Morgan fingerprint density at radius 2 is 2.23 bits per heavy atom. The number of nitrogens with one attached hydrogen (secondary N) is 1. The highest BCUT2D eigenvalue weighted by atomic mass is 79.9. The molecule has 1 amide bonds. The standard InChI is InChI=1S/C14H10BrClN2O3S/c15-8-3-4-11-9(6-8)14(16,13(19)17-11)10(7-18(20)21)12-2-1-5-22-12/h1-6,10H,7H2,(H,17,19)/t10-,14+/m1/s1. The number of benzene rings is 1. The third-order valence-electron chi connectivity index (χ3n) is 3.65. The average Bonchev–Trinajstić information content (AvgIpc) is 3.06. The highest BCUT2D eigenvalue weighted by Gasteiger charge is 2.54. The van der Waals surface area contributed by atoms with Crippen molar-refractivity contribution in [3.8, 4) is 0 Å². The van der Waals surface area contributed by atoms with Crippen molar-refractivity contribution in [1.82, 2.24) is 0 Å². The van der Waals surface area contributed by atoms with Gasteiger partial charge in [0.25, 0.3) is 5.91 Å². The van der Waals surface area contributed by atoms with Crippen molar-refractivity contribution < 1.29 is 9.72 Å². The zero-order valence-corrected chi connectivity index (χ0v) is 14.2. The number of hydrogen-bond acceptors (Lipinski definition) is 4. The Kier molecular flexibility index (Phi) is 3.96. The van der Waals surface area contributed by atoms with Crippen molar-refractivity contribution in [2.24, 2.45) is 0 Å². The maximum atomic E-state index is 12.5. The molecule has 0 spiro atoms. The molecule has 2 atom stereocenters. The number of halogens is 2. The van der Waals surface area contributed by atoms with Crippen molar-refractivity contribution in [2.75, 3.05) is 11.9 Å². The number of carbonyl (C=O) groups excluding carboxylic acids is 1. The number of amides is 1. The number of thiophene rings is 1. The van der Waals surface area contributed by atoms with Crippen molar-refractivity contribution in [3.63, 3.8) is 0 Å². The topological polar surface area (TPSA) is 72.2 Å². The summed E-state index contributed by atoms with van der Waals surface area (Å²) in [6.45, 7) is -0.413. The molecule has 3 rings (SSSR count). The molecule has 5 nitrogen and oxygen atoms in total. The number of nitrogens with zero attached hydrogens (tertiary/aromatic N) is 1. The number of anilines is 1. The SMILES string of the molecule is O=C1Nc2ccc(Br)cc2[C@]1(Cl)[C@H](C[N+](=O)[O-])c1cccs1. The quantitative estimate of drug-likeness (QED) is 0.479. The van der Waals surface area contributed by atoms with Gasteiger partial charge < -0.3 is 5.32 Å². The Hall–Kier alpha value is -1.44. The maximum Gasteiger partial charge on any atom is 0.251 e. The van der Waals surface area contributed by atoms with E-state index in [4.69, 9.17) is 11.6 Å². The van der Waals surface area contributed by atoms with Crippen LogP contribution in [0.3, 0.4) is 0 Å². The van der Waals surface area contributed by atoms with E-state index in [-0.39, 0.29) is 0 Å². The number of carbonyl (C=O) groups is 1. The number of fused-ring (bicyclic) bond motifs is 1. The molecule has 0 radical (unpaired) electrons. The van der Waals surface area contributed by atoms with Crippen LogP contribution in [0.15, 0.2) is 40.2 Å². The van der Waals surface area contributed by atoms with E-state index in [1.54, 1.807) is 30.3 Å². The lowest BCUT2D eigenvalue weighted by Gasteiger charge is -2.26. The van der Waals surface area contributed by atoms with Crippen LogP contribution in [0, 0.1) is 10.1 Å². The van der Waals surface area contributed by atoms with Crippen molar-refractivity contribution in [2.45, 2.75) is 10.8 Å². The van der Waals surface area contributed by atoms with Crippen molar-refractivity contribution in [1.29, 1.82) is 0 Å². The molecule has 0 aliphatic carbocycles. The van der Waals surface area contributed by atoms with Gasteiger partial charge in [-0.05, 0) is 29.6 Å². The first-order valence-corrected chi connectivity index (χ1v) is 8.43. The smallest absolute Gasteiger partial charge is 0.251 e. The van der Waals surface area contributed by atoms with Gasteiger partial charge in [-0.1, -0.05) is 22.0 Å². The molecule has 114 valence electrons. The highest BCUT2D eigenvalue weighted by Crippen LogP contribution is 2.51. The molecule has 1 aromatic heterocycles. The van der Waals surface area contributed by atoms with Gasteiger partial charge in [-0.2, -0.15) is 0 Å². The molecular formula is C14H10BrClN2O3S. The van der Waals surface area contributed by atoms with Gasteiger partial charge >= 0.3 is 0 Å². The Labute approximate surface area is 143 Å². The molecule has 1 aliphatic rings. The van der Waals surface area contributed by atoms with Gasteiger partial charge in [-0.3, -0.25) is 14.9 Å². The second-order valence-corrected chi connectivity index (χ2v) is 7.43. The summed E-state index contributed by atoms with van der Waals surface area (Å²) in [7, 11) is 0. The van der Waals surface area contributed by atoms with Crippen LogP contribution < -0.4 is 5.32 Å². The molecule has 0 fully saturated rings. The first-order chi connectivity index (χ1) is 10.4. The molecule has 22 heavy (non-hydrogen) atoms. The van der Waals surface area contributed by atoms with Crippen LogP contribution in [-0.4, -0.2) is 17.4 Å². The third-order valence-corrected chi connectivity index (χ3v) is 5.77. The second kappa shape index (κ2) is 5.64. The fraction of sp³-hybridized carbons (Fsp3) is 0.214. The van der Waals surface area contributed by atoms with E-state index in [0.717, 1.165) is 9.35 Å². The average molecular weight is 402 g/mol. The largest absolute Gasteiger partial charge is 0.324 e. The summed E-state index contributed by atoms with van der Waals surface area (Å²) in [5.74, 6) is -1.16. The summed E-state index contributed by atoms with van der Waals surface area (Å²) >= 11 is 11.4. The number of rotatable bonds is 4. The van der Waals surface area contributed by atoms with Crippen molar-refractivity contribution in [3.05, 3.63) is 60.7 Å². The Morgan fingerprint density at radius 3 is 2.86 bits per heavy atom. The molecule has 2 heterocycles. The second-order valence-electron chi connectivity index (χ2n) is 4.94. The lowest BCUT2D eigenvalue weighted by molar-refractivity contribution is -0.484. The van der Waals surface area contributed by atoms with Crippen LogP contribution in [-0.2, 0) is 9.67 Å². The molecular weight excluding hydrogens is 392 g/mol. The van der Waals surface area contributed by atoms with E-state index >= 15 is 0 Å². The number of alkyl halides is 1. The van der Waals surface area contributed by atoms with Gasteiger partial charge in [0.05, 0.1) is 5.92 Å². The minimum Gasteiger partial charge on any atom is -0.324 e.